The molecule has 0 aromatic heterocycles. The first kappa shape index (κ1) is 19.1. The number of anilines is 1. The van der Waals surface area contributed by atoms with E-state index in [9.17, 15) is 17.6 Å². The van der Waals surface area contributed by atoms with Crippen LogP contribution in [0, 0.1) is 12.7 Å². The van der Waals surface area contributed by atoms with Crippen molar-refractivity contribution in [1.29, 1.82) is 0 Å². The fourth-order valence-corrected chi connectivity index (χ4v) is 4.01. The van der Waals surface area contributed by atoms with Crippen LogP contribution in [-0.2, 0) is 14.8 Å². The van der Waals surface area contributed by atoms with Crippen LogP contribution in [-0.4, -0.2) is 31.2 Å². The molecule has 0 aliphatic rings. The fourth-order valence-electron chi connectivity index (χ4n) is 2.41. The average molecular weight is 364 g/mol. The van der Waals surface area contributed by atoms with Crippen LogP contribution >= 0.6 is 0 Å². The predicted molar refractivity (Wildman–Crippen MR) is 95.2 cm³/mol. The van der Waals surface area contributed by atoms with E-state index in [1.165, 1.54) is 19.1 Å². The van der Waals surface area contributed by atoms with Crippen LogP contribution in [0.4, 0.5) is 10.1 Å². The number of carbonyl (C=O) groups is 1. The number of amides is 1. The number of aryl methyl sites for hydroxylation is 1. The number of nitrogens with one attached hydrogen (secondary N) is 1. The zero-order chi connectivity index (χ0) is 18.6. The van der Waals surface area contributed by atoms with Gasteiger partial charge in [0.05, 0.1) is 4.90 Å². The number of nitrogens with zero attached hydrogens (tertiary/aromatic N) is 1. The van der Waals surface area contributed by atoms with Gasteiger partial charge in [-0.25, -0.2) is 12.8 Å². The molecule has 2 rings (SSSR count). The van der Waals surface area contributed by atoms with E-state index in [4.69, 9.17) is 0 Å². The molecule has 5 nitrogen and oxygen atoms in total. The molecule has 2 aromatic carbocycles. The molecule has 1 amide bonds. The molecular formula is C18H21FN2O3S. The summed E-state index contributed by atoms with van der Waals surface area (Å²) in [6.45, 7) is 5.22. The van der Waals surface area contributed by atoms with Crippen molar-refractivity contribution in [1.82, 2.24) is 4.31 Å². The van der Waals surface area contributed by atoms with Crippen molar-refractivity contribution >= 4 is 21.6 Å². The van der Waals surface area contributed by atoms with Gasteiger partial charge in [-0.1, -0.05) is 24.6 Å². The summed E-state index contributed by atoms with van der Waals surface area (Å²) < 4.78 is 39.6. The molecule has 0 aliphatic carbocycles. The highest BCUT2D eigenvalue weighted by Gasteiger charge is 2.31. The normalized spacial score (nSPS) is 12.8. The Morgan fingerprint density at radius 1 is 1.12 bits per heavy atom. The van der Waals surface area contributed by atoms with E-state index in [1.54, 1.807) is 19.1 Å². The predicted octanol–water partition coefficient (Wildman–Crippen LogP) is 3.17. The Labute approximate surface area is 147 Å². The number of benzene rings is 2. The van der Waals surface area contributed by atoms with Gasteiger partial charge in [0.15, 0.2) is 0 Å². The van der Waals surface area contributed by atoms with E-state index in [0.29, 0.717) is 5.69 Å². The number of carbonyl (C=O) groups excluding carboxylic acids is 1. The number of sulfonamides is 1. The van der Waals surface area contributed by atoms with Crippen molar-refractivity contribution < 1.29 is 17.6 Å². The summed E-state index contributed by atoms with van der Waals surface area (Å²) in [6.07, 6.45) is 0. The molecule has 1 atom stereocenters. The summed E-state index contributed by atoms with van der Waals surface area (Å²) in [5.41, 5.74) is 1.65. The van der Waals surface area contributed by atoms with Crippen LogP contribution in [0.1, 0.15) is 19.4 Å². The maximum atomic E-state index is 13.0. The molecule has 0 spiro atoms. The molecule has 1 unspecified atom stereocenters. The first-order valence-electron chi connectivity index (χ1n) is 7.90. The molecule has 0 saturated heterocycles. The van der Waals surface area contributed by atoms with Gasteiger partial charge in [0, 0.05) is 12.2 Å². The summed E-state index contributed by atoms with van der Waals surface area (Å²) in [4.78, 5) is 12.4. The Bertz CT molecular complexity index is 834. The average Bonchev–Trinajstić information content (AvgIpc) is 2.57. The van der Waals surface area contributed by atoms with E-state index in [-0.39, 0.29) is 11.4 Å². The minimum absolute atomic E-state index is 0.0502. The number of rotatable bonds is 6. The lowest BCUT2D eigenvalue weighted by Gasteiger charge is -2.26. The summed E-state index contributed by atoms with van der Waals surface area (Å²) in [7, 11) is -3.91. The second-order valence-electron chi connectivity index (χ2n) is 5.69. The standard InChI is InChI=1S/C18H21FN2O3S/c1-4-21(25(23,24)17-11-7-15(19)8-12-17)14(3)18(22)20-16-9-5-13(2)6-10-16/h5-12,14H,4H2,1-3H3,(H,20,22). The zero-order valence-corrected chi connectivity index (χ0v) is 15.2. The molecule has 2 aromatic rings. The Morgan fingerprint density at radius 2 is 1.68 bits per heavy atom. The van der Waals surface area contributed by atoms with Gasteiger partial charge < -0.3 is 5.32 Å². The quantitative estimate of drug-likeness (QED) is 0.856. The molecule has 0 fully saturated rings. The van der Waals surface area contributed by atoms with Crippen molar-refractivity contribution in [3.63, 3.8) is 0 Å². The maximum Gasteiger partial charge on any atom is 0.243 e. The molecule has 134 valence electrons. The summed E-state index contributed by atoms with van der Waals surface area (Å²) >= 11 is 0. The van der Waals surface area contributed by atoms with Gasteiger partial charge >= 0.3 is 0 Å². The summed E-state index contributed by atoms with van der Waals surface area (Å²) in [5.74, 6) is -0.955. The number of hydrogen-bond acceptors (Lipinski definition) is 3. The molecule has 0 bridgehead atoms. The molecule has 0 saturated carbocycles. The smallest absolute Gasteiger partial charge is 0.243 e. The molecular weight excluding hydrogens is 343 g/mol. The Hall–Kier alpha value is -2.25. The van der Waals surface area contributed by atoms with Crippen LogP contribution in [0.5, 0.6) is 0 Å². The summed E-state index contributed by atoms with van der Waals surface area (Å²) in [5, 5.41) is 2.71. The van der Waals surface area contributed by atoms with Crippen molar-refractivity contribution in [2.75, 3.05) is 11.9 Å². The highest BCUT2D eigenvalue weighted by atomic mass is 32.2. The van der Waals surface area contributed by atoms with Crippen molar-refractivity contribution in [3.05, 3.63) is 59.9 Å². The van der Waals surface area contributed by atoms with E-state index in [1.807, 2.05) is 19.1 Å². The third kappa shape index (κ3) is 4.43. The van der Waals surface area contributed by atoms with Gasteiger partial charge in [-0.05, 0) is 50.2 Å². The van der Waals surface area contributed by atoms with Gasteiger partial charge in [-0.3, -0.25) is 4.79 Å². The lowest BCUT2D eigenvalue weighted by atomic mass is 10.2. The second-order valence-corrected chi connectivity index (χ2v) is 7.58. The monoisotopic (exact) mass is 364 g/mol. The van der Waals surface area contributed by atoms with Crippen LogP contribution in [0.25, 0.3) is 0 Å². The minimum Gasteiger partial charge on any atom is -0.325 e. The first-order valence-corrected chi connectivity index (χ1v) is 9.34. The number of halogens is 1. The van der Waals surface area contributed by atoms with Crippen LogP contribution in [0.15, 0.2) is 53.4 Å². The van der Waals surface area contributed by atoms with Crippen LogP contribution < -0.4 is 5.32 Å². The maximum absolute atomic E-state index is 13.0. The lowest BCUT2D eigenvalue weighted by Crippen LogP contribution is -2.45. The third-order valence-corrected chi connectivity index (χ3v) is 5.92. The molecule has 0 aliphatic heterocycles. The van der Waals surface area contributed by atoms with Crippen molar-refractivity contribution in [3.8, 4) is 0 Å². The Kier molecular flexibility index (Phi) is 5.92. The van der Waals surface area contributed by atoms with Crippen molar-refractivity contribution in [2.45, 2.75) is 31.7 Å². The second kappa shape index (κ2) is 7.76. The van der Waals surface area contributed by atoms with Gasteiger partial charge in [0.25, 0.3) is 0 Å². The summed E-state index contributed by atoms with van der Waals surface area (Å²) in [6, 6.07) is 10.8. The van der Waals surface area contributed by atoms with Crippen LogP contribution in [0.2, 0.25) is 0 Å². The largest absolute Gasteiger partial charge is 0.325 e. The number of likely N-dealkylation sites (N-methyl/N-ethyl adjacent to an activating group) is 1. The highest BCUT2D eigenvalue weighted by molar-refractivity contribution is 7.89. The Balaban J connectivity index is 2.21. The van der Waals surface area contributed by atoms with E-state index in [0.717, 1.165) is 22.0 Å². The van der Waals surface area contributed by atoms with Gasteiger partial charge in [-0.15, -0.1) is 0 Å². The van der Waals surface area contributed by atoms with E-state index in [2.05, 4.69) is 5.32 Å². The SMILES string of the molecule is CCN(C(C)C(=O)Nc1ccc(C)cc1)S(=O)(=O)c1ccc(F)cc1. The molecule has 25 heavy (non-hydrogen) atoms. The van der Waals surface area contributed by atoms with Crippen LogP contribution in [0.3, 0.4) is 0 Å². The highest BCUT2D eigenvalue weighted by Crippen LogP contribution is 2.19. The molecule has 7 heteroatoms. The first-order chi connectivity index (χ1) is 11.8. The van der Waals surface area contributed by atoms with E-state index < -0.39 is 27.8 Å². The lowest BCUT2D eigenvalue weighted by molar-refractivity contribution is -0.119. The van der Waals surface area contributed by atoms with E-state index >= 15 is 0 Å². The van der Waals surface area contributed by atoms with Gasteiger partial charge in [0.1, 0.15) is 11.9 Å². The van der Waals surface area contributed by atoms with Gasteiger partial charge in [0.2, 0.25) is 15.9 Å². The molecule has 0 radical (unpaired) electrons. The third-order valence-electron chi connectivity index (χ3n) is 3.86. The van der Waals surface area contributed by atoms with Gasteiger partial charge in [-0.2, -0.15) is 4.31 Å². The fraction of sp³-hybridized carbons (Fsp3) is 0.278. The zero-order valence-electron chi connectivity index (χ0n) is 14.4. The molecule has 1 N–H and O–H groups in total. The van der Waals surface area contributed by atoms with Crippen molar-refractivity contribution in [2.24, 2.45) is 0 Å². The Morgan fingerprint density at radius 3 is 2.20 bits per heavy atom. The molecule has 0 heterocycles. The number of hydrogen-bond donors (Lipinski definition) is 1. The minimum atomic E-state index is -3.91. The topological polar surface area (TPSA) is 66.5 Å².